The number of benzene rings is 2. The fourth-order valence-corrected chi connectivity index (χ4v) is 2.66. The van der Waals surface area contributed by atoms with Gasteiger partial charge < -0.3 is 14.0 Å². The minimum Gasteiger partial charge on any atom is -0.495 e. The van der Waals surface area contributed by atoms with Gasteiger partial charge in [-0.05, 0) is 29.8 Å². The third-order valence-electron chi connectivity index (χ3n) is 3.97. The number of hydrogen-bond acceptors (Lipinski definition) is 4. The van der Waals surface area contributed by atoms with E-state index in [1.54, 1.807) is 30.3 Å². The van der Waals surface area contributed by atoms with E-state index >= 15 is 0 Å². The van der Waals surface area contributed by atoms with Crippen LogP contribution in [0.1, 0.15) is 5.56 Å². The fraction of sp³-hybridized carbons (Fsp3) is 0.158. The zero-order valence-electron chi connectivity index (χ0n) is 14.3. The van der Waals surface area contributed by atoms with Crippen LogP contribution in [0.2, 0.25) is 0 Å². The van der Waals surface area contributed by atoms with Crippen molar-refractivity contribution in [3.63, 3.8) is 0 Å². The molecule has 134 valence electrons. The van der Waals surface area contributed by atoms with E-state index in [4.69, 9.17) is 9.47 Å². The first-order valence-electron chi connectivity index (χ1n) is 7.83. The second kappa shape index (κ2) is 7.26. The van der Waals surface area contributed by atoms with Gasteiger partial charge in [-0.2, -0.15) is 0 Å². The molecule has 3 aromatic rings. The molecule has 1 heterocycles. The van der Waals surface area contributed by atoms with Gasteiger partial charge in [0.15, 0.2) is 11.6 Å². The Kier molecular flexibility index (Phi) is 4.88. The third kappa shape index (κ3) is 3.23. The molecule has 0 saturated carbocycles. The van der Waals surface area contributed by atoms with E-state index in [0.717, 1.165) is 0 Å². The first-order valence-corrected chi connectivity index (χ1v) is 7.83. The number of halogens is 1. The molecule has 0 unspecified atom stereocenters. The normalized spacial score (nSPS) is 10.6. The maximum atomic E-state index is 13.8. The molecule has 3 rings (SSSR count). The highest BCUT2D eigenvalue weighted by atomic mass is 19.1. The van der Waals surface area contributed by atoms with Crippen molar-refractivity contribution in [3.8, 4) is 17.2 Å². The molecular formula is C19H17FN2O4. The smallest absolute Gasteiger partial charge is 0.321 e. The monoisotopic (exact) mass is 356 g/mol. The Morgan fingerprint density at radius 1 is 0.923 bits per heavy atom. The first kappa shape index (κ1) is 17.5. The van der Waals surface area contributed by atoms with Crippen molar-refractivity contribution in [1.82, 2.24) is 9.13 Å². The average Bonchev–Trinajstić information content (AvgIpc) is 2.66. The lowest BCUT2D eigenvalue weighted by molar-refractivity contribution is 0.386. The minimum absolute atomic E-state index is 0.0712. The van der Waals surface area contributed by atoms with Crippen LogP contribution < -0.4 is 20.6 Å². The van der Waals surface area contributed by atoms with Crippen molar-refractivity contribution in [3.05, 3.63) is 86.9 Å². The van der Waals surface area contributed by atoms with Crippen LogP contribution >= 0.6 is 0 Å². The summed E-state index contributed by atoms with van der Waals surface area (Å²) in [5, 5.41) is 0. The van der Waals surface area contributed by atoms with Crippen LogP contribution in [0.25, 0.3) is 5.69 Å². The number of methoxy groups -OCH3 is 2. The number of para-hydroxylation sites is 2. The highest BCUT2D eigenvalue weighted by molar-refractivity contribution is 5.46. The zero-order valence-corrected chi connectivity index (χ0v) is 14.3. The standard InChI is InChI=1S/C19H17FN2O4/c1-25-16-8-7-13(11-14(16)20)12-21-9-10-22(19(24)18(21)23)15-5-3-4-6-17(15)26-2/h3-11H,12H2,1-2H3. The maximum Gasteiger partial charge on any atom is 0.321 e. The number of nitrogens with zero attached hydrogens (tertiary/aromatic N) is 2. The molecule has 2 aromatic carbocycles. The Bertz CT molecular complexity index is 1060. The molecule has 0 radical (unpaired) electrons. The Morgan fingerprint density at radius 2 is 1.65 bits per heavy atom. The van der Waals surface area contributed by atoms with Crippen LogP contribution in [-0.2, 0) is 6.54 Å². The molecule has 0 amide bonds. The number of rotatable bonds is 5. The van der Waals surface area contributed by atoms with E-state index in [-0.39, 0.29) is 12.3 Å². The van der Waals surface area contributed by atoms with Crippen LogP contribution in [0, 0.1) is 5.82 Å². The van der Waals surface area contributed by atoms with E-state index in [9.17, 15) is 14.0 Å². The molecule has 0 spiro atoms. The molecular weight excluding hydrogens is 339 g/mol. The van der Waals surface area contributed by atoms with Crippen molar-refractivity contribution in [2.24, 2.45) is 0 Å². The summed E-state index contributed by atoms with van der Waals surface area (Å²) >= 11 is 0. The molecule has 0 N–H and O–H groups in total. The van der Waals surface area contributed by atoms with Crippen LogP contribution in [0.3, 0.4) is 0 Å². The van der Waals surface area contributed by atoms with Gasteiger partial charge >= 0.3 is 11.1 Å². The molecule has 26 heavy (non-hydrogen) atoms. The Balaban J connectivity index is 1.99. The van der Waals surface area contributed by atoms with E-state index in [2.05, 4.69) is 0 Å². The van der Waals surface area contributed by atoms with Gasteiger partial charge in [0.05, 0.1) is 26.5 Å². The van der Waals surface area contributed by atoms with Crippen molar-refractivity contribution in [2.45, 2.75) is 6.54 Å². The van der Waals surface area contributed by atoms with Gasteiger partial charge in [0.1, 0.15) is 5.75 Å². The highest BCUT2D eigenvalue weighted by Crippen LogP contribution is 2.20. The number of aromatic nitrogens is 2. The Morgan fingerprint density at radius 3 is 2.35 bits per heavy atom. The lowest BCUT2D eigenvalue weighted by Gasteiger charge is -2.12. The summed E-state index contributed by atoms with van der Waals surface area (Å²) in [5.41, 5.74) is -0.416. The molecule has 0 aliphatic rings. The third-order valence-corrected chi connectivity index (χ3v) is 3.97. The molecule has 7 heteroatoms. The summed E-state index contributed by atoms with van der Waals surface area (Å²) in [7, 11) is 2.86. The van der Waals surface area contributed by atoms with Crippen LogP contribution in [0.4, 0.5) is 4.39 Å². The second-order valence-corrected chi connectivity index (χ2v) is 5.55. The lowest BCUT2D eigenvalue weighted by Crippen LogP contribution is -2.40. The van der Waals surface area contributed by atoms with E-state index in [0.29, 0.717) is 17.0 Å². The number of ether oxygens (including phenoxy) is 2. The molecule has 1 aromatic heterocycles. The van der Waals surface area contributed by atoms with Gasteiger partial charge in [-0.1, -0.05) is 18.2 Å². The van der Waals surface area contributed by atoms with Crippen LogP contribution in [0.5, 0.6) is 11.5 Å². The highest BCUT2D eigenvalue weighted by Gasteiger charge is 2.11. The summed E-state index contributed by atoms with van der Waals surface area (Å²) in [6.45, 7) is 0.0712. The summed E-state index contributed by atoms with van der Waals surface area (Å²) in [4.78, 5) is 24.9. The van der Waals surface area contributed by atoms with E-state index in [1.807, 2.05) is 0 Å². The predicted molar refractivity (Wildman–Crippen MR) is 94.9 cm³/mol. The molecule has 6 nitrogen and oxygen atoms in total. The average molecular weight is 356 g/mol. The summed E-state index contributed by atoms with van der Waals surface area (Å²) in [6, 6.07) is 11.3. The number of hydrogen-bond donors (Lipinski definition) is 0. The molecule has 0 saturated heterocycles. The molecule has 0 bridgehead atoms. The summed E-state index contributed by atoms with van der Waals surface area (Å²) < 4.78 is 26.4. The SMILES string of the molecule is COc1ccc(Cn2ccn(-c3ccccc3OC)c(=O)c2=O)cc1F. The van der Waals surface area contributed by atoms with Gasteiger partial charge in [-0.15, -0.1) is 0 Å². The van der Waals surface area contributed by atoms with Crippen molar-refractivity contribution >= 4 is 0 Å². The predicted octanol–water partition coefficient (Wildman–Crippen LogP) is 2.20. The molecule has 0 aliphatic heterocycles. The van der Waals surface area contributed by atoms with Crippen molar-refractivity contribution in [2.75, 3.05) is 14.2 Å². The maximum absolute atomic E-state index is 13.8. The van der Waals surface area contributed by atoms with Gasteiger partial charge in [0.25, 0.3) is 0 Å². The van der Waals surface area contributed by atoms with Crippen LogP contribution in [-0.4, -0.2) is 23.4 Å². The van der Waals surface area contributed by atoms with Crippen molar-refractivity contribution < 1.29 is 13.9 Å². The van der Waals surface area contributed by atoms with Gasteiger partial charge in [0.2, 0.25) is 0 Å². The zero-order chi connectivity index (χ0) is 18.7. The van der Waals surface area contributed by atoms with E-state index in [1.165, 1.54) is 47.9 Å². The Labute approximate surface area is 148 Å². The molecule has 0 fully saturated rings. The van der Waals surface area contributed by atoms with Gasteiger partial charge in [0, 0.05) is 12.4 Å². The largest absolute Gasteiger partial charge is 0.495 e. The molecule has 0 atom stereocenters. The van der Waals surface area contributed by atoms with Gasteiger partial charge in [-0.25, -0.2) is 4.39 Å². The molecule has 0 aliphatic carbocycles. The minimum atomic E-state index is -0.717. The summed E-state index contributed by atoms with van der Waals surface area (Å²) in [6.07, 6.45) is 2.97. The lowest BCUT2D eigenvalue weighted by atomic mass is 10.2. The van der Waals surface area contributed by atoms with Gasteiger partial charge in [-0.3, -0.25) is 14.2 Å². The van der Waals surface area contributed by atoms with E-state index < -0.39 is 16.9 Å². The van der Waals surface area contributed by atoms with Crippen molar-refractivity contribution in [1.29, 1.82) is 0 Å². The quantitative estimate of drug-likeness (QED) is 0.658. The fourth-order valence-electron chi connectivity index (χ4n) is 2.66. The second-order valence-electron chi connectivity index (χ2n) is 5.55. The van der Waals surface area contributed by atoms with Crippen LogP contribution in [0.15, 0.2) is 64.4 Å². The first-order chi connectivity index (χ1) is 12.5. The Hall–Kier alpha value is -3.35. The topological polar surface area (TPSA) is 62.5 Å². The summed E-state index contributed by atoms with van der Waals surface area (Å²) in [5.74, 6) is 0.0667.